The number of ether oxygens (including phenoxy) is 3. The van der Waals surface area contributed by atoms with Gasteiger partial charge < -0.3 is 19.5 Å². The standard InChI is InChI=1S/C27H28ClN3O8S2/c28-20-5-9-23(10-6-20)41(35,36)31-19-26(39-25-4-2-1-3-24(25)31)27(32)29-13-16-38-21-7-11-22(12-8-21)40(33,34)30-14-17-37-18-15-30/h1-12,26H,13-19H2,(H,29,32)/t26-/m1/s1. The monoisotopic (exact) mass is 621 g/mol. The summed E-state index contributed by atoms with van der Waals surface area (Å²) in [5, 5.41) is 3.11. The third-order valence-corrected chi connectivity index (χ3v) is 10.5. The minimum Gasteiger partial charge on any atom is -0.492 e. The van der Waals surface area contributed by atoms with Crippen molar-refractivity contribution in [2.75, 3.05) is 50.3 Å². The molecule has 0 bridgehead atoms. The summed E-state index contributed by atoms with van der Waals surface area (Å²) in [6, 6.07) is 18.4. The molecule has 3 aromatic carbocycles. The Morgan fingerprint density at radius 2 is 1.54 bits per heavy atom. The molecule has 14 heteroatoms. The molecule has 0 spiro atoms. The van der Waals surface area contributed by atoms with Gasteiger partial charge in [-0.05, 0) is 60.7 Å². The van der Waals surface area contributed by atoms with E-state index in [2.05, 4.69) is 5.32 Å². The Morgan fingerprint density at radius 1 is 0.902 bits per heavy atom. The van der Waals surface area contributed by atoms with Crippen molar-refractivity contribution in [3.8, 4) is 11.5 Å². The van der Waals surface area contributed by atoms with Gasteiger partial charge in [-0.1, -0.05) is 23.7 Å². The molecule has 0 saturated carbocycles. The number of fused-ring (bicyclic) bond motifs is 1. The summed E-state index contributed by atoms with van der Waals surface area (Å²) in [5.41, 5.74) is 0.328. The van der Waals surface area contributed by atoms with Crippen molar-refractivity contribution in [3.63, 3.8) is 0 Å². The normalized spacial score (nSPS) is 17.8. The summed E-state index contributed by atoms with van der Waals surface area (Å²) in [4.78, 5) is 13.2. The number of anilines is 1. The molecule has 2 aliphatic heterocycles. The van der Waals surface area contributed by atoms with Gasteiger partial charge in [-0.3, -0.25) is 9.10 Å². The van der Waals surface area contributed by atoms with E-state index in [4.69, 9.17) is 25.8 Å². The van der Waals surface area contributed by atoms with Crippen LogP contribution in [0.3, 0.4) is 0 Å². The molecule has 41 heavy (non-hydrogen) atoms. The lowest BCUT2D eigenvalue weighted by Gasteiger charge is -2.34. The number of rotatable bonds is 9. The molecule has 0 aliphatic carbocycles. The van der Waals surface area contributed by atoms with Crippen molar-refractivity contribution in [1.29, 1.82) is 0 Å². The van der Waals surface area contributed by atoms with Gasteiger partial charge in [0.15, 0.2) is 6.10 Å². The maximum atomic E-state index is 13.5. The number of hydrogen-bond acceptors (Lipinski definition) is 8. The smallest absolute Gasteiger partial charge is 0.264 e. The zero-order chi connectivity index (χ0) is 29.0. The lowest BCUT2D eigenvalue weighted by molar-refractivity contribution is -0.127. The molecule has 1 atom stereocenters. The highest BCUT2D eigenvalue weighted by Crippen LogP contribution is 2.37. The van der Waals surface area contributed by atoms with Crippen molar-refractivity contribution in [2.24, 2.45) is 0 Å². The second-order valence-corrected chi connectivity index (χ2v) is 13.4. The van der Waals surface area contributed by atoms with Crippen LogP contribution in [0.2, 0.25) is 5.02 Å². The Hall–Kier alpha value is -3.36. The number of sulfonamides is 2. The Kier molecular flexibility index (Phi) is 8.71. The lowest BCUT2D eigenvalue weighted by atomic mass is 10.2. The number of morpholine rings is 1. The number of amides is 1. The summed E-state index contributed by atoms with van der Waals surface area (Å²) in [6.07, 6.45) is -1.10. The van der Waals surface area contributed by atoms with Crippen LogP contribution >= 0.6 is 11.6 Å². The summed E-state index contributed by atoms with van der Waals surface area (Å²) >= 11 is 5.93. The summed E-state index contributed by atoms with van der Waals surface area (Å²) in [5.74, 6) is 0.189. The molecule has 1 fully saturated rings. The van der Waals surface area contributed by atoms with Crippen LogP contribution in [0, 0.1) is 0 Å². The first-order chi connectivity index (χ1) is 19.7. The van der Waals surface area contributed by atoms with E-state index >= 15 is 0 Å². The number of halogens is 1. The Labute approximate surface area is 243 Å². The first-order valence-electron chi connectivity index (χ1n) is 12.8. The van der Waals surface area contributed by atoms with Crippen LogP contribution in [0.4, 0.5) is 5.69 Å². The Morgan fingerprint density at radius 3 is 2.24 bits per heavy atom. The number of nitrogens with zero attached hydrogens (tertiary/aromatic N) is 2. The molecule has 1 saturated heterocycles. The number of carbonyl (C=O) groups is 1. The molecule has 2 aliphatic rings. The quantitative estimate of drug-likeness (QED) is 0.361. The van der Waals surface area contributed by atoms with Crippen molar-refractivity contribution < 1.29 is 35.8 Å². The zero-order valence-electron chi connectivity index (χ0n) is 21.8. The van der Waals surface area contributed by atoms with Crippen molar-refractivity contribution in [3.05, 3.63) is 77.8 Å². The molecule has 1 amide bonds. The predicted octanol–water partition coefficient (Wildman–Crippen LogP) is 2.51. The van der Waals surface area contributed by atoms with Crippen LogP contribution < -0.4 is 19.1 Å². The summed E-state index contributed by atoms with van der Waals surface area (Å²) in [7, 11) is -7.61. The van der Waals surface area contributed by atoms with E-state index in [1.165, 1.54) is 40.7 Å². The number of carbonyl (C=O) groups excluding carboxylic acids is 1. The molecule has 2 heterocycles. The molecule has 1 N–H and O–H groups in total. The van der Waals surface area contributed by atoms with E-state index in [0.717, 1.165) is 4.31 Å². The average Bonchev–Trinajstić information content (AvgIpc) is 2.99. The van der Waals surface area contributed by atoms with Crippen molar-refractivity contribution >= 4 is 43.2 Å². The third kappa shape index (κ3) is 6.44. The lowest BCUT2D eigenvalue weighted by Crippen LogP contribution is -2.51. The fourth-order valence-electron chi connectivity index (χ4n) is 4.40. The summed E-state index contributed by atoms with van der Waals surface area (Å²) < 4.78 is 71.7. The average molecular weight is 622 g/mol. The highest BCUT2D eigenvalue weighted by molar-refractivity contribution is 7.92. The van der Waals surface area contributed by atoms with Gasteiger partial charge in [-0.25, -0.2) is 16.8 Å². The maximum absolute atomic E-state index is 13.5. The van der Waals surface area contributed by atoms with Crippen molar-refractivity contribution in [2.45, 2.75) is 15.9 Å². The van der Waals surface area contributed by atoms with E-state index in [0.29, 0.717) is 42.8 Å². The van der Waals surface area contributed by atoms with Gasteiger partial charge in [0.05, 0.1) is 41.8 Å². The molecular weight excluding hydrogens is 594 g/mol. The first kappa shape index (κ1) is 29.1. The molecular formula is C27H28ClN3O8S2. The van der Waals surface area contributed by atoms with Crippen LogP contribution in [-0.4, -0.2) is 79.2 Å². The number of benzene rings is 3. The molecule has 0 aromatic heterocycles. The van der Waals surface area contributed by atoms with Crippen LogP contribution in [0.15, 0.2) is 82.6 Å². The fourth-order valence-corrected chi connectivity index (χ4v) is 7.41. The SMILES string of the molecule is O=C(NCCOc1ccc(S(=O)(=O)N2CCOCC2)cc1)[C@H]1CN(S(=O)(=O)c2ccc(Cl)cc2)c2ccccc2O1. The van der Waals surface area contributed by atoms with E-state index in [9.17, 15) is 21.6 Å². The minimum absolute atomic E-state index is 0.0370. The largest absolute Gasteiger partial charge is 0.492 e. The van der Waals surface area contributed by atoms with Crippen LogP contribution in [0.5, 0.6) is 11.5 Å². The van der Waals surface area contributed by atoms with E-state index in [1.54, 1.807) is 36.4 Å². The zero-order valence-corrected chi connectivity index (χ0v) is 24.2. The van der Waals surface area contributed by atoms with E-state index < -0.39 is 32.1 Å². The van der Waals surface area contributed by atoms with Gasteiger partial charge in [0.25, 0.3) is 15.9 Å². The molecule has 0 radical (unpaired) electrons. The number of hydrogen-bond donors (Lipinski definition) is 1. The minimum atomic E-state index is -4.00. The van der Waals surface area contributed by atoms with Gasteiger partial charge in [-0.15, -0.1) is 0 Å². The van der Waals surface area contributed by atoms with Gasteiger partial charge in [-0.2, -0.15) is 4.31 Å². The number of nitrogens with one attached hydrogen (secondary N) is 1. The molecule has 11 nitrogen and oxygen atoms in total. The second-order valence-electron chi connectivity index (χ2n) is 9.19. The highest BCUT2D eigenvalue weighted by Gasteiger charge is 2.37. The van der Waals surface area contributed by atoms with Gasteiger partial charge >= 0.3 is 0 Å². The third-order valence-electron chi connectivity index (χ3n) is 6.53. The molecule has 3 aromatic rings. The van der Waals surface area contributed by atoms with E-state index in [-0.39, 0.29) is 35.2 Å². The van der Waals surface area contributed by atoms with Gasteiger partial charge in [0.2, 0.25) is 10.0 Å². The molecule has 0 unspecified atom stereocenters. The molecule has 218 valence electrons. The van der Waals surface area contributed by atoms with Crippen molar-refractivity contribution in [1.82, 2.24) is 9.62 Å². The van der Waals surface area contributed by atoms with E-state index in [1.807, 2.05) is 0 Å². The van der Waals surface area contributed by atoms with Crippen LogP contribution in [-0.2, 0) is 29.6 Å². The fraction of sp³-hybridized carbons (Fsp3) is 0.296. The maximum Gasteiger partial charge on any atom is 0.264 e. The Balaban J connectivity index is 1.18. The van der Waals surface area contributed by atoms with Gasteiger partial charge in [0.1, 0.15) is 18.1 Å². The molecule has 5 rings (SSSR count). The predicted molar refractivity (Wildman–Crippen MR) is 151 cm³/mol. The van der Waals surface area contributed by atoms with Crippen LogP contribution in [0.25, 0.3) is 0 Å². The van der Waals surface area contributed by atoms with Crippen LogP contribution in [0.1, 0.15) is 0 Å². The summed E-state index contributed by atoms with van der Waals surface area (Å²) in [6.45, 7) is 1.31. The Bertz CT molecular complexity index is 1590. The number of para-hydroxylation sites is 2. The second kappa shape index (κ2) is 12.2. The first-order valence-corrected chi connectivity index (χ1v) is 16.0. The van der Waals surface area contributed by atoms with Gasteiger partial charge in [0, 0.05) is 18.1 Å². The topological polar surface area (TPSA) is 132 Å². The highest BCUT2D eigenvalue weighted by atomic mass is 35.5.